The van der Waals surface area contributed by atoms with Crippen molar-refractivity contribution in [3.63, 3.8) is 0 Å². The van der Waals surface area contributed by atoms with Gasteiger partial charge in [-0.25, -0.2) is 0 Å². The van der Waals surface area contributed by atoms with Crippen LogP contribution in [0, 0.1) is 0 Å². The van der Waals surface area contributed by atoms with Gasteiger partial charge in [0.1, 0.15) is 0 Å². The van der Waals surface area contributed by atoms with Crippen LogP contribution in [0.2, 0.25) is 10.0 Å². The molecule has 0 unspecified atom stereocenters. The first-order valence-electron chi connectivity index (χ1n) is 7.40. The summed E-state index contributed by atoms with van der Waals surface area (Å²) in [6, 6.07) is 15.3. The summed E-state index contributed by atoms with van der Waals surface area (Å²) in [7, 11) is 0. The molecule has 0 heterocycles. The molecule has 1 saturated carbocycles. The Labute approximate surface area is 140 Å². The van der Waals surface area contributed by atoms with E-state index in [0.29, 0.717) is 16.6 Å². The predicted molar refractivity (Wildman–Crippen MR) is 90.3 cm³/mol. The Bertz CT molecular complexity index is 681. The third-order valence-electron chi connectivity index (χ3n) is 4.38. The Morgan fingerprint density at radius 1 is 1.09 bits per heavy atom. The van der Waals surface area contributed by atoms with Gasteiger partial charge in [-0.05, 0) is 36.1 Å². The SMILES string of the molecule is O=C(NCc1ccccc1)C1(c2ccc(Cl)cc2Cl)CCC1. The van der Waals surface area contributed by atoms with Crippen molar-refractivity contribution in [2.45, 2.75) is 31.2 Å². The summed E-state index contributed by atoms with van der Waals surface area (Å²) >= 11 is 12.3. The lowest BCUT2D eigenvalue weighted by atomic mass is 9.63. The molecule has 0 saturated heterocycles. The molecule has 2 aromatic rings. The number of hydrogen-bond acceptors (Lipinski definition) is 1. The smallest absolute Gasteiger partial charge is 0.230 e. The minimum atomic E-state index is -0.504. The summed E-state index contributed by atoms with van der Waals surface area (Å²) in [4.78, 5) is 12.8. The van der Waals surface area contributed by atoms with E-state index in [2.05, 4.69) is 5.32 Å². The van der Waals surface area contributed by atoms with Gasteiger partial charge < -0.3 is 5.32 Å². The van der Waals surface area contributed by atoms with Gasteiger partial charge >= 0.3 is 0 Å². The zero-order valence-corrected chi connectivity index (χ0v) is 13.6. The fourth-order valence-electron chi connectivity index (χ4n) is 2.97. The zero-order valence-electron chi connectivity index (χ0n) is 12.1. The highest BCUT2D eigenvalue weighted by molar-refractivity contribution is 6.35. The van der Waals surface area contributed by atoms with E-state index < -0.39 is 5.41 Å². The van der Waals surface area contributed by atoms with Crippen molar-refractivity contribution < 1.29 is 4.79 Å². The molecular weight excluding hydrogens is 317 g/mol. The van der Waals surface area contributed by atoms with Crippen molar-refractivity contribution in [2.24, 2.45) is 0 Å². The average molecular weight is 334 g/mol. The fraction of sp³-hybridized carbons (Fsp3) is 0.278. The second-order valence-corrected chi connectivity index (χ2v) is 6.57. The van der Waals surface area contributed by atoms with Crippen LogP contribution in [0.25, 0.3) is 0 Å². The summed E-state index contributed by atoms with van der Waals surface area (Å²) in [5.74, 6) is 0.0480. The lowest BCUT2D eigenvalue weighted by Crippen LogP contribution is -2.49. The van der Waals surface area contributed by atoms with Crippen LogP contribution in [-0.4, -0.2) is 5.91 Å². The van der Waals surface area contributed by atoms with E-state index in [1.54, 1.807) is 12.1 Å². The summed E-state index contributed by atoms with van der Waals surface area (Å²) < 4.78 is 0. The maximum Gasteiger partial charge on any atom is 0.230 e. The molecule has 1 N–H and O–H groups in total. The summed E-state index contributed by atoms with van der Waals surface area (Å²) in [5, 5.41) is 4.21. The van der Waals surface area contributed by atoms with E-state index in [1.165, 1.54) is 0 Å². The van der Waals surface area contributed by atoms with Gasteiger partial charge in [0.05, 0.1) is 5.41 Å². The first-order chi connectivity index (χ1) is 10.6. The van der Waals surface area contributed by atoms with Crippen LogP contribution in [0.5, 0.6) is 0 Å². The third kappa shape index (κ3) is 2.86. The van der Waals surface area contributed by atoms with E-state index in [4.69, 9.17) is 23.2 Å². The van der Waals surface area contributed by atoms with Gasteiger partial charge in [0, 0.05) is 16.6 Å². The van der Waals surface area contributed by atoms with Gasteiger partial charge in [-0.1, -0.05) is 66.0 Å². The summed E-state index contributed by atoms with van der Waals surface area (Å²) in [5.41, 5.74) is 1.47. The van der Waals surface area contributed by atoms with Crippen molar-refractivity contribution in [1.82, 2.24) is 5.32 Å². The minimum Gasteiger partial charge on any atom is -0.351 e. The maximum atomic E-state index is 12.8. The monoisotopic (exact) mass is 333 g/mol. The number of hydrogen-bond donors (Lipinski definition) is 1. The van der Waals surface area contributed by atoms with E-state index in [0.717, 1.165) is 30.4 Å². The van der Waals surface area contributed by atoms with Crippen LogP contribution in [0.3, 0.4) is 0 Å². The highest BCUT2D eigenvalue weighted by atomic mass is 35.5. The number of carbonyl (C=O) groups excluding carboxylic acids is 1. The first-order valence-corrected chi connectivity index (χ1v) is 8.15. The Balaban J connectivity index is 1.79. The molecule has 0 radical (unpaired) electrons. The first kappa shape index (κ1) is 15.4. The Morgan fingerprint density at radius 3 is 2.41 bits per heavy atom. The van der Waals surface area contributed by atoms with Gasteiger partial charge in [-0.2, -0.15) is 0 Å². The molecule has 0 atom stereocenters. The molecule has 114 valence electrons. The van der Waals surface area contributed by atoms with Gasteiger partial charge in [-0.15, -0.1) is 0 Å². The summed E-state index contributed by atoms with van der Waals surface area (Å²) in [6.07, 6.45) is 2.70. The van der Waals surface area contributed by atoms with E-state index in [9.17, 15) is 4.79 Å². The molecule has 0 aromatic heterocycles. The number of nitrogens with one attached hydrogen (secondary N) is 1. The van der Waals surface area contributed by atoms with E-state index >= 15 is 0 Å². The molecule has 2 nitrogen and oxygen atoms in total. The van der Waals surface area contributed by atoms with Crippen molar-refractivity contribution in [3.05, 3.63) is 69.7 Å². The van der Waals surface area contributed by atoms with Crippen LogP contribution in [0.1, 0.15) is 30.4 Å². The molecule has 2 aromatic carbocycles. The topological polar surface area (TPSA) is 29.1 Å². The van der Waals surface area contributed by atoms with Crippen LogP contribution in [0.4, 0.5) is 0 Å². The largest absolute Gasteiger partial charge is 0.351 e. The van der Waals surface area contributed by atoms with E-state index in [-0.39, 0.29) is 5.91 Å². The Hall–Kier alpha value is -1.51. The Kier molecular flexibility index (Phi) is 4.42. The highest BCUT2D eigenvalue weighted by Crippen LogP contribution is 2.47. The molecule has 1 aliphatic carbocycles. The molecule has 4 heteroatoms. The molecular formula is C18H17Cl2NO. The van der Waals surface area contributed by atoms with Gasteiger partial charge in [0.15, 0.2) is 0 Å². The lowest BCUT2D eigenvalue weighted by molar-refractivity contribution is -0.130. The minimum absolute atomic E-state index is 0.0480. The standard InChI is InChI=1S/C18H17Cl2NO/c19-14-7-8-15(16(20)11-14)18(9-4-10-18)17(22)21-12-13-5-2-1-3-6-13/h1-3,5-8,11H,4,9-10,12H2,(H,21,22). The highest BCUT2D eigenvalue weighted by Gasteiger charge is 2.46. The molecule has 22 heavy (non-hydrogen) atoms. The van der Waals surface area contributed by atoms with Crippen LogP contribution in [-0.2, 0) is 16.8 Å². The number of carbonyl (C=O) groups is 1. The van der Waals surface area contributed by atoms with Crippen LogP contribution < -0.4 is 5.32 Å². The normalized spacial score (nSPS) is 15.9. The molecule has 1 aliphatic rings. The summed E-state index contributed by atoms with van der Waals surface area (Å²) in [6.45, 7) is 0.534. The van der Waals surface area contributed by atoms with E-state index in [1.807, 2.05) is 36.4 Å². The quantitative estimate of drug-likeness (QED) is 0.860. The molecule has 0 spiro atoms. The van der Waals surface area contributed by atoms with Crippen LogP contribution in [0.15, 0.2) is 48.5 Å². The third-order valence-corrected chi connectivity index (χ3v) is 4.93. The van der Waals surface area contributed by atoms with Crippen LogP contribution >= 0.6 is 23.2 Å². The van der Waals surface area contributed by atoms with Crippen molar-refractivity contribution in [1.29, 1.82) is 0 Å². The Morgan fingerprint density at radius 2 is 1.82 bits per heavy atom. The van der Waals surface area contributed by atoms with Crippen molar-refractivity contribution >= 4 is 29.1 Å². The lowest BCUT2D eigenvalue weighted by Gasteiger charge is -2.41. The molecule has 1 amide bonds. The molecule has 1 fully saturated rings. The van der Waals surface area contributed by atoms with Crippen molar-refractivity contribution in [2.75, 3.05) is 0 Å². The predicted octanol–water partition coefficient (Wildman–Crippen LogP) is 4.73. The van der Waals surface area contributed by atoms with Crippen molar-refractivity contribution in [3.8, 4) is 0 Å². The number of benzene rings is 2. The molecule has 0 aliphatic heterocycles. The average Bonchev–Trinajstić information content (AvgIpc) is 2.47. The van der Waals surface area contributed by atoms with Gasteiger partial charge in [-0.3, -0.25) is 4.79 Å². The second-order valence-electron chi connectivity index (χ2n) is 5.73. The fourth-order valence-corrected chi connectivity index (χ4v) is 3.56. The van der Waals surface area contributed by atoms with Gasteiger partial charge in [0.2, 0.25) is 5.91 Å². The zero-order chi connectivity index (χ0) is 15.6. The number of rotatable bonds is 4. The number of halogens is 2. The van der Waals surface area contributed by atoms with Gasteiger partial charge in [0.25, 0.3) is 0 Å². The second kappa shape index (κ2) is 6.31. The number of amides is 1. The maximum absolute atomic E-state index is 12.8. The molecule has 0 bridgehead atoms. The molecule has 3 rings (SSSR count).